The summed E-state index contributed by atoms with van der Waals surface area (Å²) >= 11 is 6.59. The summed E-state index contributed by atoms with van der Waals surface area (Å²) < 4.78 is 0. The number of anilines is 1. The molecule has 0 unspecified atom stereocenters. The number of hydrogen-bond donors (Lipinski definition) is 4. The number of carbonyl (C=O) groups is 2. The highest BCUT2D eigenvalue weighted by molar-refractivity contribution is 8.01. The molecule has 27 heavy (non-hydrogen) atoms. The molecule has 0 saturated carbocycles. The third kappa shape index (κ3) is 7.38. The molecule has 6 nitrogen and oxygen atoms in total. The maximum absolute atomic E-state index is 12.1. The van der Waals surface area contributed by atoms with Crippen molar-refractivity contribution >= 4 is 46.6 Å². The first-order valence-electron chi connectivity index (χ1n) is 9.38. The molecule has 0 spiro atoms. The van der Waals surface area contributed by atoms with E-state index in [9.17, 15) is 9.59 Å². The number of fused-ring (bicyclic) bond motifs is 1. The molecule has 1 aromatic rings. The van der Waals surface area contributed by atoms with Gasteiger partial charge in [0.1, 0.15) is 0 Å². The van der Waals surface area contributed by atoms with Gasteiger partial charge in [-0.15, -0.1) is 11.8 Å². The summed E-state index contributed by atoms with van der Waals surface area (Å²) in [4.78, 5) is 25.2. The highest BCUT2D eigenvalue weighted by atomic mass is 32.2. The van der Waals surface area contributed by atoms with Gasteiger partial charge >= 0.3 is 0 Å². The van der Waals surface area contributed by atoms with Crippen LogP contribution in [-0.4, -0.2) is 28.7 Å². The fourth-order valence-electron chi connectivity index (χ4n) is 2.73. The van der Waals surface area contributed by atoms with Crippen LogP contribution >= 0.6 is 24.0 Å². The van der Waals surface area contributed by atoms with Crippen LogP contribution < -0.4 is 21.5 Å². The fourth-order valence-corrected chi connectivity index (χ4v) is 3.97. The lowest BCUT2D eigenvalue weighted by Gasteiger charge is -2.23. The lowest BCUT2D eigenvalue weighted by molar-refractivity contribution is -0.124. The van der Waals surface area contributed by atoms with E-state index in [1.54, 1.807) is 0 Å². The molecule has 8 heteroatoms. The number of unbranched alkanes of at least 4 members (excludes halogenated alkanes) is 2. The van der Waals surface area contributed by atoms with E-state index >= 15 is 0 Å². The molecule has 1 aliphatic heterocycles. The SMILES string of the molecule is CCCCC[C@H](C)CNC(=S)NNC(=O)C[C@@H]1Sc2ccccc2NC1=O. The van der Waals surface area contributed by atoms with Crippen molar-refractivity contribution < 1.29 is 9.59 Å². The van der Waals surface area contributed by atoms with E-state index in [4.69, 9.17) is 12.2 Å². The summed E-state index contributed by atoms with van der Waals surface area (Å²) in [5, 5.41) is 5.88. The van der Waals surface area contributed by atoms with Gasteiger partial charge in [-0.3, -0.25) is 20.4 Å². The maximum atomic E-state index is 12.1. The molecule has 148 valence electrons. The van der Waals surface area contributed by atoms with Crippen molar-refractivity contribution in [2.45, 2.75) is 56.1 Å². The Labute approximate surface area is 170 Å². The Morgan fingerprint density at radius 1 is 1.30 bits per heavy atom. The highest BCUT2D eigenvalue weighted by Gasteiger charge is 2.28. The molecule has 2 rings (SSSR count). The predicted molar refractivity (Wildman–Crippen MR) is 115 cm³/mol. The minimum absolute atomic E-state index is 0.0773. The molecule has 0 radical (unpaired) electrons. The monoisotopic (exact) mass is 408 g/mol. The smallest absolute Gasteiger partial charge is 0.240 e. The molecule has 2 atom stereocenters. The van der Waals surface area contributed by atoms with Crippen molar-refractivity contribution in [1.82, 2.24) is 16.2 Å². The van der Waals surface area contributed by atoms with Crippen molar-refractivity contribution in [3.8, 4) is 0 Å². The molecule has 0 saturated heterocycles. The van der Waals surface area contributed by atoms with Gasteiger partial charge in [-0.25, -0.2) is 0 Å². The van der Waals surface area contributed by atoms with Gasteiger partial charge in [-0.1, -0.05) is 45.2 Å². The van der Waals surface area contributed by atoms with Crippen LogP contribution in [0.3, 0.4) is 0 Å². The van der Waals surface area contributed by atoms with Gasteiger partial charge in [0, 0.05) is 17.9 Å². The lowest BCUT2D eigenvalue weighted by Crippen LogP contribution is -2.48. The van der Waals surface area contributed by atoms with Crippen molar-refractivity contribution in [2.24, 2.45) is 5.92 Å². The highest BCUT2D eigenvalue weighted by Crippen LogP contribution is 2.36. The Balaban J connectivity index is 1.67. The summed E-state index contributed by atoms with van der Waals surface area (Å²) in [5.41, 5.74) is 6.07. The predicted octanol–water partition coefficient (Wildman–Crippen LogP) is 3.20. The van der Waals surface area contributed by atoms with Crippen LogP contribution in [-0.2, 0) is 9.59 Å². The second-order valence-corrected chi connectivity index (χ2v) is 8.43. The van der Waals surface area contributed by atoms with Gasteiger partial charge in [0.2, 0.25) is 11.8 Å². The summed E-state index contributed by atoms with van der Waals surface area (Å²) in [7, 11) is 0. The number of carbonyl (C=O) groups excluding carboxylic acids is 2. The Morgan fingerprint density at radius 3 is 2.85 bits per heavy atom. The van der Waals surface area contributed by atoms with Crippen molar-refractivity contribution in [3.05, 3.63) is 24.3 Å². The van der Waals surface area contributed by atoms with Crippen LogP contribution in [0.15, 0.2) is 29.2 Å². The second-order valence-electron chi connectivity index (χ2n) is 6.78. The Kier molecular flexibility index (Phi) is 8.87. The van der Waals surface area contributed by atoms with Crippen LogP contribution in [0.5, 0.6) is 0 Å². The number of thiocarbonyl (C=S) groups is 1. The van der Waals surface area contributed by atoms with Gasteiger partial charge in [-0.2, -0.15) is 0 Å². The first-order chi connectivity index (χ1) is 13.0. The average molecular weight is 409 g/mol. The number of rotatable bonds is 8. The summed E-state index contributed by atoms with van der Waals surface area (Å²) in [5.74, 6) is 0.0898. The maximum Gasteiger partial charge on any atom is 0.240 e. The Morgan fingerprint density at radius 2 is 2.07 bits per heavy atom. The third-order valence-corrected chi connectivity index (χ3v) is 5.83. The molecule has 0 aromatic heterocycles. The van der Waals surface area contributed by atoms with Gasteiger partial charge in [-0.05, 0) is 36.7 Å². The van der Waals surface area contributed by atoms with E-state index in [-0.39, 0.29) is 18.2 Å². The Hall–Kier alpha value is -1.80. The molecular weight excluding hydrogens is 380 g/mol. The van der Waals surface area contributed by atoms with E-state index in [2.05, 4.69) is 35.3 Å². The molecule has 0 aliphatic carbocycles. The minimum atomic E-state index is -0.457. The average Bonchev–Trinajstić information content (AvgIpc) is 2.65. The molecule has 0 bridgehead atoms. The number of para-hydroxylation sites is 1. The summed E-state index contributed by atoms with van der Waals surface area (Å²) in [6.45, 7) is 5.14. The van der Waals surface area contributed by atoms with E-state index < -0.39 is 5.25 Å². The van der Waals surface area contributed by atoms with Crippen molar-refractivity contribution in [3.63, 3.8) is 0 Å². The fraction of sp³-hybridized carbons (Fsp3) is 0.526. The van der Waals surface area contributed by atoms with E-state index in [0.29, 0.717) is 11.0 Å². The van der Waals surface area contributed by atoms with Crippen molar-refractivity contribution in [1.29, 1.82) is 0 Å². The molecule has 1 aromatic carbocycles. The first kappa shape index (κ1) is 21.5. The number of hydrogen-bond acceptors (Lipinski definition) is 4. The standard InChI is InChI=1S/C19H28N4O2S2/c1-3-4-5-8-13(2)12-20-19(26)23-22-17(24)11-16-18(25)21-14-9-6-7-10-15(14)27-16/h6-7,9-10,13,16H,3-5,8,11-12H2,1-2H3,(H,21,25)(H,22,24)(H2,20,23,26)/t13-,16-/m0/s1. The van der Waals surface area contributed by atoms with Crippen LogP contribution in [0.25, 0.3) is 0 Å². The second kappa shape index (κ2) is 11.1. The number of hydrazine groups is 1. The summed E-state index contributed by atoms with van der Waals surface area (Å²) in [6.07, 6.45) is 4.93. The van der Waals surface area contributed by atoms with Gasteiger partial charge in [0.05, 0.1) is 10.9 Å². The number of amides is 2. The zero-order chi connectivity index (χ0) is 19.6. The lowest BCUT2D eigenvalue weighted by atomic mass is 10.0. The van der Waals surface area contributed by atoms with E-state index in [1.165, 1.54) is 31.0 Å². The van der Waals surface area contributed by atoms with Crippen LogP contribution in [0.1, 0.15) is 46.0 Å². The third-order valence-electron chi connectivity index (χ3n) is 4.30. The van der Waals surface area contributed by atoms with Crippen LogP contribution in [0.4, 0.5) is 5.69 Å². The Bertz CT molecular complexity index is 669. The molecule has 1 heterocycles. The molecule has 1 aliphatic rings. The normalized spacial score (nSPS) is 16.7. The number of benzene rings is 1. The quantitative estimate of drug-likeness (QED) is 0.300. The topological polar surface area (TPSA) is 82.3 Å². The van der Waals surface area contributed by atoms with E-state index in [1.807, 2.05) is 24.3 Å². The largest absolute Gasteiger partial charge is 0.361 e. The first-order valence-corrected chi connectivity index (χ1v) is 10.7. The number of thioether (sulfide) groups is 1. The minimum Gasteiger partial charge on any atom is -0.361 e. The van der Waals surface area contributed by atoms with Crippen LogP contribution in [0, 0.1) is 5.92 Å². The van der Waals surface area contributed by atoms with Gasteiger partial charge < -0.3 is 10.6 Å². The van der Waals surface area contributed by atoms with Crippen molar-refractivity contribution in [2.75, 3.05) is 11.9 Å². The zero-order valence-corrected chi connectivity index (χ0v) is 17.5. The zero-order valence-electron chi connectivity index (χ0n) is 15.8. The van der Waals surface area contributed by atoms with Crippen LogP contribution in [0.2, 0.25) is 0 Å². The van der Waals surface area contributed by atoms with E-state index in [0.717, 1.165) is 23.5 Å². The van der Waals surface area contributed by atoms with Gasteiger partial charge in [0.15, 0.2) is 5.11 Å². The summed E-state index contributed by atoms with van der Waals surface area (Å²) in [6, 6.07) is 7.57. The molecular formula is C19H28N4O2S2. The van der Waals surface area contributed by atoms with Gasteiger partial charge in [0.25, 0.3) is 0 Å². The number of nitrogens with one attached hydrogen (secondary N) is 4. The molecule has 0 fully saturated rings. The molecule has 2 amide bonds. The molecule has 4 N–H and O–H groups in total.